The molecular formula is C20H19FN2O3S. The minimum absolute atomic E-state index is 0.0314. The summed E-state index contributed by atoms with van der Waals surface area (Å²) in [6.07, 6.45) is 3.27. The maximum absolute atomic E-state index is 13.0. The second-order valence-electron chi connectivity index (χ2n) is 5.82. The smallest absolute Gasteiger partial charge is 0.235 e. The number of hydrogen-bond donors (Lipinski definition) is 0. The highest BCUT2D eigenvalue weighted by Gasteiger charge is 2.21. The first kappa shape index (κ1) is 18.8. The topological polar surface area (TPSA) is 59.5 Å². The number of anilines is 1. The summed E-state index contributed by atoms with van der Waals surface area (Å²) in [4.78, 5) is 4.04. The molecule has 3 aromatic rings. The van der Waals surface area contributed by atoms with E-state index in [0.717, 1.165) is 5.56 Å². The number of halogens is 1. The zero-order valence-corrected chi connectivity index (χ0v) is 15.6. The lowest BCUT2D eigenvalue weighted by molar-refractivity contribution is 0.480. The first-order valence-electron chi connectivity index (χ1n) is 8.41. The molecule has 0 N–H and O–H groups in total. The van der Waals surface area contributed by atoms with Crippen LogP contribution in [-0.2, 0) is 16.6 Å². The van der Waals surface area contributed by atoms with Gasteiger partial charge in [-0.1, -0.05) is 12.1 Å². The second-order valence-corrected chi connectivity index (χ2v) is 8.00. The van der Waals surface area contributed by atoms with Crippen molar-refractivity contribution in [1.82, 2.24) is 4.98 Å². The standard InChI is InChI=1S/C20H19FN2O3S/c1-2-27(24,25)23(15-16-5-4-12-22-14-16)18-6-3-7-20(13-18)26-19-10-8-17(21)9-11-19/h3-14H,2,15H2,1H3. The summed E-state index contributed by atoms with van der Waals surface area (Å²) in [5.74, 6) is 0.538. The third-order valence-corrected chi connectivity index (χ3v) is 5.65. The van der Waals surface area contributed by atoms with Crippen LogP contribution in [0.25, 0.3) is 0 Å². The Morgan fingerprint density at radius 2 is 1.81 bits per heavy atom. The van der Waals surface area contributed by atoms with Crippen LogP contribution < -0.4 is 9.04 Å². The van der Waals surface area contributed by atoms with E-state index in [1.165, 1.54) is 28.6 Å². The van der Waals surface area contributed by atoms with Gasteiger partial charge in [-0.15, -0.1) is 0 Å². The molecule has 0 fully saturated rings. The molecule has 0 radical (unpaired) electrons. The molecule has 0 saturated carbocycles. The summed E-state index contributed by atoms with van der Waals surface area (Å²) in [5, 5.41) is 0. The van der Waals surface area contributed by atoms with Crippen molar-refractivity contribution in [2.45, 2.75) is 13.5 Å². The molecule has 0 atom stereocenters. The van der Waals surface area contributed by atoms with Crippen molar-refractivity contribution in [2.75, 3.05) is 10.1 Å². The van der Waals surface area contributed by atoms with Crippen molar-refractivity contribution in [2.24, 2.45) is 0 Å². The molecule has 7 heteroatoms. The summed E-state index contributed by atoms with van der Waals surface area (Å²) in [5.41, 5.74) is 1.26. The molecule has 0 saturated heterocycles. The number of aromatic nitrogens is 1. The van der Waals surface area contributed by atoms with E-state index >= 15 is 0 Å². The molecule has 0 bridgehead atoms. The quantitative estimate of drug-likeness (QED) is 0.605. The maximum Gasteiger partial charge on any atom is 0.235 e. The molecular weight excluding hydrogens is 367 g/mol. The molecule has 0 unspecified atom stereocenters. The van der Waals surface area contributed by atoms with Crippen molar-refractivity contribution < 1.29 is 17.5 Å². The molecule has 2 aromatic carbocycles. The highest BCUT2D eigenvalue weighted by atomic mass is 32.2. The van der Waals surface area contributed by atoms with Crippen LogP contribution in [0.15, 0.2) is 73.1 Å². The minimum Gasteiger partial charge on any atom is -0.457 e. The van der Waals surface area contributed by atoms with Crippen LogP contribution in [-0.4, -0.2) is 19.2 Å². The normalized spacial score (nSPS) is 11.2. The number of ether oxygens (including phenoxy) is 1. The average molecular weight is 386 g/mol. The van der Waals surface area contributed by atoms with Crippen LogP contribution >= 0.6 is 0 Å². The Kier molecular flexibility index (Phi) is 5.71. The van der Waals surface area contributed by atoms with E-state index < -0.39 is 10.0 Å². The van der Waals surface area contributed by atoms with E-state index in [9.17, 15) is 12.8 Å². The van der Waals surface area contributed by atoms with Gasteiger partial charge in [0.25, 0.3) is 0 Å². The third-order valence-electron chi connectivity index (χ3n) is 3.90. The lowest BCUT2D eigenvalue weighted by Gasteiger charge is -2.24. The van der Waals surface area contributed by atoms with Crippen LogP contribution in [0.4, 0.5) is 10.1 Å². The van der Waals surface area contributed by atoms with E-state index in [-0.39, 0.29) is 18.1 Å². The summed E-state index contributed by atoms with van der Waals surface area (Å²) in [6, 6.07) is 16.0. The Hall–Kier alpha value is -2.93. The monoisotopic (exact) mass is 386 g/mol. The molecule has 5 nitrogen and oxygen atoms in total. The third kappa shape index (κ3) is 4.83. The number of hydrogen-bond acceptors (Lipinski definition) is 4. The van der Waals surface area contributed by atoms with Crippen molar-refractivity contribution >= 4 is 15.7 Å². The highest BCUT2D eigenvalue weighted by molar-refractivity contribution is 7.92. The van der Waals surface area contributed by atoms with Crippen molar-refractivity contribution in [3.63, 3.8) is 0 Å². The van der Waals surface area contributed by atoms with Gasteiger partial charge in [0.2, 0.25) is 10.0 Å². The van der Waals surface area contributed by atoms with E-state index in [1.807, 2.05) is 6.07 Å². The van der Waals surface area contributed by atoms with Gasteiger partial charge in [0.05, 0.1) is 18.0 Å². The molecule has 3 rings (SSSR count). The van der Waals surface area contributed by atoms with Gasteiger partial charge in [0.15, 0.2) is 0 Å². The molecule has 0 spiro atoms. The van der Waals surface area contributed by atoms with Crippen LogP contribution in [0.3, 0.4) is 0 Å². The SMILES string of the molecule is CCS(=O)(=O)N(Cc1cccnc1)c1cccc(Oc2ccc(F)cc2)c1. The molecule has 0 aliphatic rings. The maximum atomic E-state index is 13.0. The van der Waals surface area contributed by atoms with E-state index in [1.54, 1.807) is 49.6 Å². The Morgan fingerprint density at radius 3 is 2.48 bits per heavy atom. The summed E-state index contributed by atoms with van der Waals surface area (Å²) in [6.45, 7) is 1.77. The van der Waals surface area contributed by atoms with Crippen LogP contribution in [0.2, 0.25) is 0 Å². The van der Waals surface area contributed by atoms with Gasteiger partial charge in [-0.2, -0.15) is 0 Å². The molecule has 0 amide bonds. The second kappa shape index (κ2) is 8.18. The zero-order chi connectivity index (χ0) is 19.3. The van der Waals surface area contributed by atoms with Gasteiger partial charge in [-0.25, -0.2) is 12.8 Å². The average Bonchev–Trinajstić information content (AvgIpc) is 2.69. The van der Waals surface area contributed by atoms with Gasteiger partial charge < -0.3 is 4.74 Å². The van der Waals surface area contributed by atoms with Gasteiger partial charge in [-0.05, 0) is 55.0 Å². The number of nitrogens with zero attached hydrogens (tertiary/aromatic N) is 2. The fraction of sp³-hybridized carbons (Fsp3) is 0.150. The van der Waals surface area contributed by atoms with Gasteiger partial charge in [-0.3, -0.25) is 9.29 Å². The summed E-state index contributed by atoms with van der Waals surface area (Å²) in [7, 11) is -3.51. The molecule has 140 valence electrons. The zero-order valence-electron chi connectivity index (χ0n) is 14.7. The van der Waals surface area contributed by atoms with Crippen molar-refractivity contribution in [1.29, 1.82) is 0 Å². The number of sulfonamides is 1. The van der Waals surface area contributed by atoms with Crippen LogP contribution in [0.1, 0.15) is 12.5 Å². The Labute approximate surface area is 158 Å². The highest BCUT2D eigenvalue weighted by Crippen LogP contribution is 2.28. The number of pyridine rings is 1. The van der Waals surface area contributed by atoms with Crippen molar-refractivity contribution in [3.05, 3.63) is 84.4 Å². The number of benzene rings is 2. The fourth-order valence-electron chi connectivity index (χ4n) is 2.50. The van der Waals surface area contributed by atoms with Crippen LogP contribution in [0.5, 0.6) is 11.5 Å². The van der Waals surface area contributed by atoms with Crippen molar-refractivity contribution in [3.8, 4) is 11.5 Å². The lowest BCUT2D eigenvalue weighted by Crippen LogP contribution is -2.31. The van der Waals surface area contributed by atoms with Gasteiger partial charge in [0, 0.05) is 18.5 Å². The lowest BCUT2D eigenvalue weighted by atomic mass is 10.2. The van der Waals surface area contributed by atoms with E-state index in [2.05, 4.69) is 4.98 Å². The molecule has 0 aliphatic heterocycles. The predicted octanol–water partition coefficient (Wildman–Crippen LogP) is 4.37. The molecule has 1 heterocycles. The Morgan fingerprint density at radius 1 is 1.04 bits per heavy atom. The van der Waals surface area contributed by atoms with E-state index in [0.29, 0.717) is 17.2 Å². The fourth-order valence-corrected chi connectivity index (χ4v) is 3.60. The Bertz CT molecular complexity index is 993. The van der Waals surface area contributed by atoms with Gasteiger partial charge >= 0.3 is 0 Å². The predicted molar refractivity (Wildman–Crippen MR) is 103 cm³/mol. The Balaban J connectivity index is 1.91. The molecule has 27 heavy (non-hydrogen) atoms. The largest absolute Gasteiger partial charge is 0.457 e. The summed E-state index contributed by atoms with van der Waals surface area (Å²) >= 11 is 0. The summed E-state index contributed by atoms with van der Waals surface area (Å²) < 4.78 is 45.4. The first-order valence-corrected chi connectivity index (χ1v) is 10.0. The van der Waals surface area contributed by atoms with E-state index in [4.69, 9.17) is 4.74 Å². The van der Waals surface area contributed by atoms with Crippen LogP contribution in [0, 0.1) is 5.82 Å². The minimum atomic E-state index is -3.51. The first-order chi connectivity index (χ1) is 13.0. The molecule has 0 aliphatic carbocycles. The van der Waals surface area contributed by atoms with Gasteiger partial charge in [0.1, 0.15) is 17.3 Å². The number of rotatable bonds is 7. The molecule has 1 aromatic heterocycles.